The summed E-state index contributed by atoms with van der Waals surface area (Å²) in [7, 11) is 1.78. The van der Waals surface area contributed by atoms with Crippen molar-refractivity contribution >= 4 is 5.91 Å². The van der Waals surface area contributed by atoms with Crippen LogP contribution in [0.25, 0.3) is 0 Å². The summed E-state index contributed by atoms with van der Waals surface area (Å²) in [6.45, 7) is 7.25. The SMILES string of the molecule is CN(CCN1CCCC1)C(=O)C(C)(C)C#N. The van der Waals surface area contributed by atoms with Crippen LogP contribution in [0.1, 0.15) is 26.7 Å². The molecule has 4 nitrogen and oxygen atoms in total. The van der Waals surface area contributed by atoms with E-state index in [2.05, 4.69) is 4.90 Å². The molecule has 0 aromatic carbocycles. The van der Waals surface area contributed by atoms with E-state index in [0.29, 0.717) is 6.54 Å². The fourth-order valence-corrected chi connectivity index (χ4v) is 1.92. The highest BCUT2D eigenvalue weighted by atomic mass is 16.2. The molecular weight excluding hydrogens is 202 g/mol. The molecule has 0 saturated carbocycles. The number of nitriles is 1. The number of likely N-dealkylation sites (N-methyl/N-ethyl adjacent to an activating group) is 1. The minimum Gasteiger partial charge on any atom is -0.343 e. The number of carbonyl (C=O) groups is 1. The van der Waals surface area contributed by atoms with Gasteiger partial charge in [0.25, 0.3) is 0 Å². The average molecular weight is 223 g/mol. The van der Waals surface area contributed by atoms with E-state index in [1.54, 1.807) is 25.8 Å². The maximum atomic E-state index is 11.9. The van der Waals surface area contributed by atoms with Crippen molar-refractivity contribution in [1.82, 2.24) is 9.80 Å². The minimum absolute atomic E-state index is 0.0887. The summed E-state index contributed by atoms with van der Waals surface area (Å²) >= 11 is 0. The summed E-state index contributed by atoms with van der Waals surface area (Å²) in [5.41, 5.74) is -0.903. The monoisotopic (exact) mass is 223 g/mol. The number of hydrogen-bond acceptors (Lipinski definition) is 3. The molecule has 1 aliphatic heterocycles. The highest BCUT2D eigenvalue weighted by Gasteiger charge is 2.30. The van der Waals surface area contributed by atoms with E-state index in [1.165, 1.54) is 12.8 Å². The highest BCUT2D eigenvalue weighted by Crippen LogP contribution is 2.16. The molecule has 0 aromatic rings. The first kappa shape index (κ1) is 13.0. The Kier molecular flexibility index (Phi) is 4.31. The van der Waals surface area contributed by atoms with Crippen LogP contribution < -0.4 is 0 Å². The number of likely N-dealkylation sites (tertiary alicyclic amines) is 1. The van der Waals surface area contributed by atoms with Gasteiger partial charge in [-0.2, -0.15) is 5.26 Å². The van der Waals surface area contributed by atoms with Crippen LogP contribution in [0, 0.1) is 16.7 Å². The van der Waals surface area contributed by atoms with Gasteiger partial charge in [-0.1, -0.05) is 0 Å². The summed E-state index contributed by atoms with van der Waals surface area (Å²) in [5, 5.41) is 8.89. The van der Waals surface area contributed by atoms with Crippen LogP contribution in [0.15, 0.2) is 0 Å². The number of nitrogens with zero attached hydrogens (tertiary/aromatic N) is 3. The Morgan fingerprint density at radius 2 is 2.00 bits per heavy atom. The van der Waals surface area contributed by atoms with Gasteiger partial charge >= 0.3 is 0 Å². The van der Waals surface area contributed by atoms with Gasteiger partial charge in [-0.05, 0) is 39.8 Å². The lowest BCUT2D eigenvalue weighted by Gasteiger charge is -2.26. The zero-order chi connectivity index (χ0) is 12.2. The maximum absolute atomic E-state index is 11.9. The van der Waals surface area contributed by atoms with Gasteiger partial charge in [-0.15, -0.1) is 0 Å². The fourth-order valence-electron chi connectivity index (χ4n) is 1.92. The highest BCUT2D eigenvalue weighted by molar-refractivity contribution is 5.84. The van der Waals surface area contributed by atoms with Gasteiger partial charge in [-0.25, -0.2) is 0 Å². The molecule has 90 valence electrons. The Labute approximate surface area is 97.8 Å². The summed E-state index contributed by atoms with van der Waals surface area (Å²) in [4.78, 5) is 15.9. The molecule has 0 aromatic heterocycles. The molecule has 0 unspecified atom stereocenters. The van der Waals surface area contributed by atoms with Gasteiger partial charge in [0.15, 0.2) is 0 Å². The van der Waals surface area contributed by atoms with Crippen LogP contribution in [0.5, 0.6) is 0 Å². The molecule has 0 bridgehead atoms. The molecule has 1 heterocycles. The molecule has 1 amide bonds. The van der Waals surface area contributed by atoms with E-state index in [1.807, 2.05) is 6.07 Å². The molecule has 16 heavy (non-hydrogen) atoms. The molecule has 0 radical (unpaired) electrons. The smallest absolute Gasteiger partial charge is 0.242 e. The first-order chi connectivity index (χ1) is 7.47. The molecule has 0 aliphatic carbocycles. The van der Waals surface area contributed by atoms with Crippen molar-refractivity contribution < 1.29 is 4.79 Å². The van der Waals surface area contributed by atoms with Gasteiger partial charge in [0.1, 0.15) is 5.41 Å². The van der Waals surface area contributed by atoms with E-state index >= 15 is 0 Å². The van der Waals surface area contributed by atoms with Crippen LogP contribution in [0.4, 0.5) is 0 Å². The second kappa shape index (κ2) is 5.31. The normalized spacial score (nSPS) is 17.1. The summed E-state index contributed by atoms with van der Waals surface area (Å²) in [6, 6.07) is 2.05. The maximum Gasteiger partial charge on any atom is 0.242 e. The average Bonchev–Trinajstić information content (AvgIpc) is 2.77. The summed E-state index contributed by atoms with van der Waals surface area (Å²) in [5.74, 6) is -0.0887. The second-order valence-corrected chi connectivity index (χ2v) is 5.01. The Hall–Kier alpha value is -1.08. The second-order valence-electron chi connectivity index (χ2n) is 5.01. The van der Waals surface area contributed by atoms with Gasteiger partial charge < -0.3 is 9.80 Å². The quantitative estimate of drug-likeness (QED) is 0.717. The number of carbonyl (C=O) groups excluding carboxylic acids is 1. The summed E-state index contributed by atoms with van der Waals surface area (Å²) < 4.78 is 0. The van der Waals surface area contributed by atoms with Crippen molar-refractivity contribution in [3.8, 4) is 6.07 Å². The third-order valence-electron chi connectivity index (χ3n) is 3.11. The predicted octanol–water partition coefficient (Wildman–Crippen LogP) is 1.09. The minimum atomic E-state index is -0.903. The van der Waals surface area contributed by atoms with E-state index in [0.717, 1.165) is 19.6 Å². The summed E-state index contributed by atoms with van der Waals surface area (Å²) in [6.07, 6.45) is 2.53. The van der Waals surface area contributed by atoms with Crippen molar-refractivity contribution in [2.75, 3.05) is 33.2 Å². The van der Waals surface area contributed by atoms with Crippen molar-refractivity contribution in [1.29, 1.82) is 5.26 Å². The van der Waals surface area contributed by atoms with Crippen LogP contribution in [0.2, 0.25) is 0 Å². The lowest BCUT2D eigenvalue weighted by atomic mass is 9.94. The van der Waals surface area contributed by atoms with Crippen LogP contribution in [-0.2, 0) is 4.79 Å². The van der Waals surface area contributed by atoms with E-state index in [9.17, 15) is 4.79 Å². The number of hydrogen-bond donors (Lipinski definition) is 0. The van der Waals surface area contributed by atoms with E-state index < -0.39 is 5.41 Å². The molecule has 1 aliphatic rings. The zero-order valence-corrected chi connectivity index (χ0v) is 10.5. The Balaban J connectivity index is 2.37. The van der Waals surface area contributed by atoms with Crippen molar-refractivity contribution in [3.05, 3.63) is 0 Å². The Morgan fingerprint density at radius 1 is 1.44 bits per heavy atom. The molecule has 0 spiro atoms. The first-order valence-electron chi connectivity index (χ1n) is 5.86. The van der Waals surface area contributed by atoms with E-state index in [-0.39, 0.29) is 5.91 Å². The molecule has 4 heteroatoms. The van der Waals surface area contributed by atoms with Crippen molar-refractivity contribution in [2.24, 2.45) is 5.41 Å². The standard InChI is InChI=1S/C12H21N3O/c1-12(2,10-13)11(16)14(3)8-9-15-6-4-5-7-15/h4-9H2,1-3H3. The molecule has 0 atom stereocenters. The number of rotatable bonds is 4. The zero-order valence-electron chi connectivity index (χ0n) is 10.5. The topological polar surface area (TPSA) is 47.3 Å². The molecular formula is C12H21N3O. The third kappa shape index (κ3) is 3.21. The van der Waals surface area contributed by atoms with Gasteiger partial charge in [0, 0.05) is 20.1 Å². The largest absolute Gasteiger partial charge is 0.343 e. The molecule has 0 N–H and O–H groups in total. The lowest BCUT2D eigenvalue weighted by Crippen LogP contribution is -2.41. The van der Waals surface area contributed by atoms with Crippen LogP contribution in [-0.4, -0.2) is 48.9 Å². The fraction of sp³-hybridized carbons (Fsp3) is 0.833. The van der Waals surface area contributed by atoms with Crippen molar-refractivity contribution in [3.63, 3.8) is 0 Å². The Morgan fingerprint density at radius 3 is 2.50 bits per heavy atom. The Bertz CT molecular complexity index is 287. The van der Waals surface area contributed by atoms with E-state index in [4.69, 9.17) is 5.26 Å². The van der Waals surface area contributed by atoms with Gasteiger partial charge in [-0.3, -0.25) is 4.79 Å². The van der Waals surface area contributed by atoms with Crippen molar-refractivity contribution in [2.45, 2.75) is 26.7 Å². The molecule has 1 rings (SSSR count). The lowest BCUT2D eigenvalue weighted by molar-refractivity contribution is -0.136. The first-order valence-corrected chi connectivity index (χ1v) is 5.86. The molecule has 1 fully saturated rings. The predicted molar refractivity (Wildman–Crippen MR) is 62.7 cm³/mol. The van der Waals surface area contributed by atoms with Crippen LogP contribution in [0.3, 0.4) is 0 Å². The van der Waals surface area contributed by atoms with Gasteiger partial charge in [0.2, 0.25) is 5.91 Å². The van der Waals surface area contributed by atoms with Crippen LogP contribution >= 0.6 is 0 Å². The third-order valence-corrected chi connectivity index (χ3v) is 3.11. The number of amides is 1. The molecule has 1 saturated heterocycles. The van der Waals surface area contributed by atoms with Gasteiger partial charge in [0.05, 0.1) is 6.07 Å².